The second-order valence-corrected chi connectivity index (χ2v) is 6.55. The van der Waals surface area contributed by atoms with Crippen molar-refractivity contribution in [3.8, 4) is 0 Å². The van der Waals surface area contributed by atoms with Gasteiger partial charge in [0.05, 0.1) is 0 Å². The Hall–Kier alpha value is -2.35. The zero-order chi connectivity index (χ0) is 18.0. The first-order valence-electron chi connectivity index (χ1n) is 7.71. The fourth-order valence-corrected chi connectivity index (χ4v) is 2.95. The zero-order valence-electron chi connectivity index (χ0n) is 13.8. The summed E-state index contributed by atoms with van der Waals surface area (Å²) in [5, 5.41) is 4.12. The summed E-state index contributed by atoms with van der Waals surface area (Å²) in [4.78, 5) is 20.4. The van der Waals surface area contributed by atoms with Gasteiger partial charge < -0.3 is 4.74 Å². The number of aromatic nitrogens is 4. The van der Waals surface area contributed by atoms with Crippen molar-refractivity contribution in [2.75, 3.05) is 0 Å². The zero-order valence-corrected chi connectivity index (χ0v) is 15.4. The lowest BCUT2D eigenvalue weighted by Gasteiger charge is -2.10. The first-order valence-corrected chi connectivity index (χ1v) is 8.50. The quantitative estimate of drug-likeness (QED) is 0.607. The third kappa shape index (κ3) is 3.84. The van der Waals surface area contributed by atoms with Crippen LogP contribution in [0.3, 0.4) is 0 Å². The van der Waals surface area contributed by atoms with Crippen LogP contribution in [0.25, 0.3) is 5.78 Å². The summed E-state index contributed by atoms with van der Waals surface area (Å²) in [6.45, 7) is 3.70. The summed E-state index contributed by atoms with van der Waals surface area (Å²) in [7, 11) is 0. The lowest BCUT2D eigenvalue weighted by molar-refractivity contribution is -0.144. The molecule has 0 fully saturated rings. The molecule has 8 heteroatoms. The second kappa shape index (κ2) is 7.26. The van der Waals surface area contributed by atoms with Gasteiger partial charge in [0.25, 0.3) is 5.78 Å². The van der Waals surface area contributed by atoms with E-state index in [2.05, 4.69) is 31.0 Å². The lowest BCUT2D eigenvalue weighted by Crippen LogP contribution is -2.10. The molecule has 0 radical (unpaired) electrons. The van der Waals surface area contributed by atoms with Gasteiger partial charge in [0.1, 0.15) is 18.8 Å². The molecule has 0 unspecified atom stereocenters. The largest absolute Gasteiger partial charge is 0.461 e. The molecule has 0 saturated heterocycles. The molecule has 1 aromatic carbocycles. The van der Waals surface area contributed by atoms with Crippen molar-refractivity contribution in [2.24, 2.45) is 0 Å². The van der Waals surface area contributed by atoms with Crippen molar-refractivity contribution < 1.29 is 13.9 Å². The average Bonchev–Trinajstić information content (AvgIpc) is 3.02. The van der Waals surface area contributed by atoms with E-state index in [0.717, 1.165) is 17.0 Å². The number of hydrogen-bond acceptors (Lipinski definition) is 5. The van der Waals surface area contributed by atoms with Gasteiger partial charge >= 0.3 is 5.97 Å². The lowest BCUT2D eigenvalue weighted by atomic mass is 10.1. The van der Waals surface area contributed by atoms with Crippen LogP contribution < -0.4 is 0 Å². The normalized spacial score (nSPS) is 11.0. The number of aryl methyl sites for hydroxylation is 2. The Kier molecular flexibility index (Phi) is 5.08. The highest BCUT2D eigenvalue weighted by Gasteiger charge is 2.13. The number of fused-ring (bicyclic) bond motifs is 1. The highest BCUT2D eigenvalue weighted by atomic mass is 79.9. The monoisotopic (exact) mass is 406 g/mol. The van der Waals surface area contributed by atoms with Crippen molar-refractivity contribution in [3.63, 3.8) is 0 Å². The topological polar surface area (TPSA) is 69.4 Å². The molecule has 2 aromatic heterocycles. The minimum absolute atomic E-state index is 0.0870. The van der Waals surface area contributed by atoms with E-state index in [9.17, 15) is 9.18 Å². The van der Waals surface area contributed by atoms with Crippen molar-refractivity contribution in [3.05, 3.63) is 57.3 Å². The number of carbonyl (C=O) groups excluding carboxylic acids is 1. The third-order valence-corrected chi connectivity index (χ3v) is 4.46. The van der Waals surface area contributed by atoms with Crippen LogP contribution in [0.1, 0.15) is 28.9 Å². The number of carbonyl (C=O) groups is 1. The van der Waals surface area contributed by atoms with E-state index in [4.69, 9.17) is 4.74 Å². The van der Waals surface area contributed by atoms with Crippen LogP contribution in [0.15, 0.2) is 29.0 Å². The van der Waals surface area contributed by atoms with Crippen LogP contribution in [0.2, 0.25) is 0 Å². The Bertz CT molecular complexity index is 942. The number of hydrogen-bond donors (Lipinski definition) is 0. The summed E-state index contributed by atoms with van der Waals surface area (Å²) >= 11 is 3.19. The van der Waals surface area contributed by atoms with Gasteiger partial charge in [-0.1, -0.05) is 22.0 Å². The molecule has 2 heterocycles. The van der Waals surface area contributed by atoms with E-state index in [1.165, 1.54) is 12.4 Å². The number of benzene rings is 1. The van der Waals surface area contributed by atoms with E-state index in [1.54, 1.807) is 16.6 Å². The van der Waals surface area contributed by atoms with E-state index in [1.807, 2.05) is 13.8 Å². The Balaban J connectivity index is 1.62. The predicted molar refractivity (Wildman–Crippen MR) is 92.5 cm³/mol. The minimum Gasteiger partial charge on any atom is -0.461 e. The number of nitrogens with zero attached hydrogens (tertiary/aromatic N) is 4. The van der Waals surface area contributed by atoms with Crippen molar-refractivity contribution in [1.82, 2.24) is 19.6 Å². The maximum absolute atomic E-state index is 13.7. The van der Waals surface area contributed by atoms with Gasteiger partial charge in [-0.2, -0.15) is 10.1 Å². The molecule has 0 aliphatic carbocycles. The van der Waals surface area contributed by atoms with Crippen LogP contribution >= 0.6 is 15.9 Å². The van der Waals surface area contributed by atoms with E-state index in [-0.39, 0.29) is 19.0 Å². The molecule has 3 aromatic rings. The first-order chi connectivity index (χ1) is 12.0. The van der Waals surface area contributed by atoms with Crippen molar-refractivity contribution >= 4 is 27.7 Å². The van der Waals surface area contributed by atoms with Gasteiger partial charge in [-0.25, -0.2) is 13.9 Å². The maximum atomic E-state index is 13.7. The van der Waals surface area contributed by atoms with Crippen LogP contribution in [-0.2, 0) is 22.6 Å². The van der Waals surface area contributed by atoms with Gasteiger partial charge in [0, 0.05) is 27.8 Å². The van der Waals surface area contributed by atoms with Crippen LogP contribution in [0.4, 0.5) is 4.39 Å². The fraction of sp³-hybridized carbons (Fsp3) is 0.294. The predicted octanol–water partition coefficient (Wildman–Crippen LogP) is 3.32. The van der Waals surface area contributed by atoms with Crippen molar-refractivity contribution in [1.29, 1.82) is 0 Å². The molecule has 0 bridgehead atoms. The Morgan fingerprint density at radius 3 is 2.92 bits per heavy atom. The number of esters is 1. The van der Waals surface area contributed by atoms with Crippen LogP contribution in [0, 0.1) is 19.7 Å². The van der Waals surface area contributed by atoms with E-state index >= 15 is 0 Å². The van der Waals surface area contributed by atoms with E-state index in [0.29, 0.717) is 22.2 Å². The van der Waals surface area contributed by atoms with Crippen LogP contribution in [0.5, 0.6) is 0 Å². The van der Waals surface area contributed by atoms with Gasteiger partial charge in [0.15, 0.2) is 0 Å². The molecule has 0 spiro atoms. The van der Waals surface area contributed by atoms with Gasteiger partial charge in [-0.15, -0.1) is 0 Å². The maximum Gasteiger partial charge on any atom is 0.306 e. The number of halogens is 2. The summed E-state index contributed by atoms with van der Waals surface area (Å²) in [6, 6.07) is 4.64. The Morgan fingerprint density at radius 1 is 1.36 bits per heavy atom. The molecule has 0 saturated carbocycles. The van der Waals surface area contributed by atoms with Gasteiger partial charge in [-0.05, 0) is 38.0 Å². The van der Waals surface area contributed by atoms with Crippen LogP contribution in [-0.4, -0.2) is 25.6 Å². The molecule has 3 rings (SSSR count). The molecule has 0 aliphatic heterocycles. The molecular weight excluding hydrogens is 391 g/mol. The summed E-state index contributed by atoms with van der Waals surface area (Å²) in [6.07, 6.45) is 2.10. The molecule has 130 valence electrons. The van der Waals surface area contributed by atoms with Crippen molar-refractivity contribution in [2.45, 2.75) is 33.3 Å². The third-order valence-electron chi connectivity index (χ3n) is 3.97. The smallest absolute Gasteiger partial charge is 0.306 e. The Morgan fingerprint density at radius 2 is 2.16 bits per heavy atom. The van der Waals surface area contributed by atoms with Gasteiger partial charge in [-0.3, -0.25) is 4.79 Å². The molecule has 0 amide bonds. The Labute approximate surface area is 152 Å². The average molecular weight is 407 g/mol. The molecule has 6 nitrogen and oxygen atoms in total. The number of rotatable bonds is 5. The molecular formula is C17H16BrFN4O2. The first kappa shape index (κ1) is 17.5. The summed E-state index contributed by atoms with van der Waals surface area (Å²) in [5.41, 5.74) is 2.98. The summed E-state index contributed by atoms with van der Waals surface area (Å²) in [5.74, 6) is -0.262. The van der Waals surface area contributed by atoms with E-state index < -0.39 is 5.82 Å². The summed E-state index contributed by atoms with van der Waals surface area (Å²) < 4.78 is 21.2. The highest BCUT2D eigenvalue weighted by Crippen LogP contribution is 2.17. The number of ether oxygens (including phenoxy) is 1. The molecule has 0 N–H and O–H groups in total. The SMILES string of the molecule is Cc1nc2ncnn2c(C)c1CCC(=O)OCc1ccc(Br)cc1F. The standard InChI is InChI=1S/C17H16BrFN4O2/c1-10-14(11(2)23-17(22-10)20-9-21-23)5-6-16(24)25-8-12-3-4-13(18)7-15(12)19/h3-4,7,9H,5-6,8H2,1-2H3. The minimum atomic E-state index is -0.408. The molecule has 0 atom stereocenters. The highest BCUT2D eigenvalue weighted by molar-refractivity contribution is 9.10. The second-order valence-electron chi connectivity index (χ2n) is 5.63. The molecule has 0 aliphatic rings. The fourth-order valence-electron chi connectivity index (χ4n) is 2.61. The molecule has 25 heavy (non-hydrogen) atoms. The van der Waals surface area contributed by atoms with Gasteiger partial charge in [0.2, 0.25) is 0 Å².